The van der Waals surface area contributed by atoms with E-state index in [0.29, 0.717) is 11.3 Å². The third kappa shape index (κ3) is 5.52. The number of aromatic nitrogens is 2. The zero-order chi connectivity index (χ0) is 19.5. The smallest absolute Gasteiger partial charge is 0.238 e. The van der Waals surface area contributed by atoms with E-state index < -0.39 is 10.0 Å². The summed E-state index contributed by atoms with van der Waals surface area (Å²) in [5, 5.41) is 8.59. The first-order chi connectivity index (χ1) is 12.1. The molecule has 9 heteroatoms. The SMILES string of the molecule is Cc1cc(SCC(=O)Nc2ccc(C)c(S(N)(=O)=O)c2)nc(C(C)C)n1. The van der Waals surface area contributed by atoms with E-state index in [0.717, 1.165) is 16.5 Å². The van der Waals surface area contributed by atoms with Gasteiger partial charge in [0.1, 0.15) is 10.9 Å². The second kappa shape index (κ2) is 8.15. The van der Waals surface area contributed by atoms with Gasteiger partial charge < -0.3 is 5.32 Å². The number of nitrogens with zero attached hydrogens (tertiary/aromatic N) is 2. The van der Waals surface area contributed by atoms with Gasteiger partial charge in [-0.1, -0.05) is 31.7 Å². The maximum atomic E-state index is 12.2. The molecule has 1 aromatic carbocycles. The van der Waals surface area contributed by atoms with Crippen LogP contribution in [0, 0.1) is 13.8 Å². The predicted octanol–water partition coefficient (Wildman–Crippen LogP) is 2.60. The van der Waals surface area contributed by atoms with Crippen molar-refractivity contribution in [3.8, 4) is 0 Å². The molecule has 0 aliphatic carbocycles. The number of carbonyl (C=O) groups is 1. The monoisotopic (exact) mass is 394 g/mol. The molecule has 3 N–H and O–H groups in total. The molecular weight excluding hydrogens is 372 g/mol. The molecule has 0 atom stereocenters. The van der Waals surface area contributed by atoms with Crippen LogP contribution in [0.15, 0.2) is 34.2 Å². The Hall–Kier alpha value is -1.97. The van der Waals surface area contributed by atoms with E-state index in [9.17, 15) is 13.2 Å². The molecule has 0 radical (unpaired) electrons. The van der Waals surface area contributed by atoms with Gasteiger partial charge in [0.05, 0.1) is 10.6 Å². The first-order valence-corrected chi connectivity index (χ1v) is 10.5. The van der Waals surface area contributed by atoms with Crippen molar-refractivity contribution in [1.29, 1.82) is 0 Å². The average Bonchev–Trinajstić information content (AvgIpc) is 2.53. The molecule has 0 spiro atoms. The number of hydrogen-bond acceptors (Lipinski definition) is 6. The van der Waals surface area contributed by atoms with Crippen LogP contribution in [-0.4, -0.2) is 30.0 Å². The Morgan fingerprint density at radius 1 is 1.23 bits per heavy atom. The summed E-state index contributed by atoms with van der Waals surface area (Å²) in [6, 6.07) is 6.43. The highest BCUT2D eigenvalue weighted by molar-refractivity contribution is 7.99. The summed E-state index contributed by atoms with van der Waals surface area (Å²) < 4.78 is 23.1. The number of carbonyl (C=O) groups excluding carboxylic acids is 1. The second-order valence-corrected chi connectivity index (χ2v) is 8.75. The fourth-order valence-corrected chi connectivity index (χ4v) is 3.79. The summed E-state index contributed by atoms with van der Waals surface area (Å²) in [4.78, 5) is 21.0. The summed E-state index contributed by atoms with van der Waals surface area (Å²) in [5.41, 5.74) is 1.76. The van der Waals surface area contributed by atoms with E-state index in [-0.39, 0.29) is 22.5 Å². The number of nitrogens with one attached hydrogen (secondary N) is 1. The van der Waals surface area contributed by atoms with Gasteiger partial charge in [-0.3, -0.25) is 4.79 Å². The molecule has 0 saturated carbocycles. The summed E-state index contributed by atoms with van der Waals surface area (Å²) in [6.07, 6.45) is 0. The maximum absolute atomic E-state index is 12.2. The number of rotatable bonds is 6. The van der Waals surface area contributed by atoms with E-state index >= 15 is 0 Å². The van der Waals surface area contributed by atoms with Gasteiger partial charge in [0.15, 0.2) is 0 Å². The Morgan fingerprint density at radius 3 is 2.54 bits per heavy atom. The van der Waals surface area contributed by atoms with Crippen LogP contribution in [0.3, 0.4) is 0 Å². The molecule has 0 aliphatic rings. The lowest BCUT2D eigenvalue weighted by atomic mass is 10.2. The Bertz CT molecular complexity index is 928. The number of aryl methyl sites for hydroxylation is 2. The Morgan fingerprint density at radius 2 is 1.92 bits per heavy atom. The second-order valence-electron chi connectivity index (χ2n) is 6.22. The van der Waals surface area contributed by atoms with Crippen LogP contribution in [0.25, 0.3) is 0 Å². The summed E-state index contributed by atoms with van der Waals surface area (Å²) in [5.74, 6) is 0.824. The number of thioether (sulfide) groups is 1. The van der Waals surface area contributed by atoms with Gasteiger partial charge >= 0.3 is 0 Å². The first-order valence-electron chi connectivity index (χ1n) is 7.98. The lowest BCUT2D eigenvalue weighted by Gasteiger charge is -2.10. The molecule has 0 aliphatic heterocycles. The fourth-order valence-electron chi connectivity index (χ4n) is 2.21. The molecule has 0 unspecified atom stereocenters. The summed E-state index contributed by atoms with van der Waals surface area (Å²) in [6.45, 7) is 7.55. The van der Waals surface area contributed by atoms with Crippen LogP contribution in [0.2, 0.25) is 0 Å². The first kappa shape index (κ1) is 20.3. The Kier molecular flexibility index (Phi) is 6.38. The fraction of sp³-hybridized carbons (Fsp3) is 0.353. The molecule has 2 aromatic rings. The van der Waals surface area contributed by atoms with Crippen molar-refractivity contribution in [1.82, 2.24) is 9.97 Å². The third-order valence-corrected chi connectivity index (χ3v) is 5.46. The van der Waals surface area contributed by atoms with E-state index in [1.165, 1.54) is 17.8 Å². The van der Waals surface area contributed by atoms with Crippen molar-refractivity contribution in [2.45, 2.75) is 43.5 Å². The molecule has 0 saturated heterocycles. The maximum Gasteiger partial charge on any atom is 0.238 e. The molecule has 26 heavy (non-hydrogen) atoms. The number of primary sulfonamides is 1. The Balaban J connectivity index is 2.06. The molecule has 1 amide bonds. The van der Waals surface area contributed by atoms with Gasteiger partial charge in [0.25, 0.3) is 0 Å². The quantitative estimate of drug-likeness (QED) is 0.575. The molecule has 1 heterocycles. The minimum Gasteiger partial charge on any atom is -0.325 e. The van der Waals surface area contributed by atoms with Crippen LogP contribution in [0.5, 0.6) is 0 Å². The number of amides is 1. The van der Waals surface area contributed by atoms with Crippen LogP contribution >= 0.6 is 11.8 Å². The number of sulfonamides is 1. The number of nitrogens with two attached hydrogens (primary N) is 1. The van der Waals surface area contributed by atoms with E-state index in [1.54, 1.807) is 19.1 Å². The number of benzene rings is 1. The lowest BCUT2D eigenvalue weighted by Crippen LogP contribution is -2.17. The Labute approximate surface area is 157 Å². The van der Waals surface area contributed by atoms with Crippen molar-refractivity contribution in [3.63, 3.8) is 0 Å². The van der Waals surface area contributed by atoms with Gasteiger partial charge in [-0.15, -0.1) is 0 Å². The van der Waals surface area contributed by atoms with Crippen LogP contribution in [0.4, 0.5) is 5.69 Å². The van der Waals surface area contributed by atoms with Crippen molar-refractivity contribution >= 4 is 33.4 Å². The van der Waals surface area contributed by atoms with E-state index in [4.69, 9.17) is 5.14 Å². The topological polar surface area (TPSA) is 115 Å². The molecular formula is C17H22N4O3S2. The largest absolute Gasteiger partial charge is 0.325 e. The number of hydrogen-bond donors (Lipinski definition) is 2. The molecule has 0 fully saturated rings. The van der Waals surface area contributed by atoms with Crippen molar-refractivity contribution < 1.29 is 13.2 Å². The van der Waals surface area contributed by atoms with Crippen molar-refractivity contribution in [2.75, 3.05) is 11.1 Å². The van der Waals surface area contributed by atoms with Crippen LogP contribution in [-0.2, 0) is 14.8 Å². The minimum atomic E-state index is -3.84. The highest BCUT2D eigenvalue weighted by atomic mass is 32.2. The number of anilines is 1. The van der Waals surface area contributed by atoms with Crippen LogP contribution < -0.4 is 10.5 Å². The minimum absolute atomic E-state index is 0.00375. The van der Waals surface area contributed by atoms with Crippen LogP contribution in [0.1, 0.15) is 36.8 Å². The lowest BCUT2D eigenvalue weighted by molar-refractivity contribution is -0.113. The zero-order valence-electron chi connectivity index (χ0n) is 15.1. The molecule has 0 bridgehead atoms. The standard InChI is InChI=1S/C17H22N4O3S2/c1-10(2)17-19-12(4)7-16(21-17)25-9-15(22)20-13-6-5-11(3)14(8-13)26(18,23)24/h5-8,10H,9H2,1-4H3,(H,20,22)(H2,18,23,24). The summed E-state index contributed by atoms with van der Waals surface area (Å²) >= 11 is 1.30. The van der Waals surface area contributed by atoms with E-state index in [2.05, 4.69) is 15.3 Å². The van der Waals surface area contributed by atoms with Gasteiger partial charge in [0, 0.05) is 17.3 Å². The third-order valence-electron chi connectivity index (χ3n) is 3.49. The molecule has 2 rings (SSSR count). The average molecular weight is 395 g/mol. The van der Waals surface area contributed by atoms with E-state index in [1.807, 2.05) is 26.8 Å². The highest BCUT2D eigenvalue weighted by Crippen LogP contribution is 2.21. The van der Waals surface area contributed by atoms with Crippen molar-refractivity contribution in [3.05, 3.63) is 41.3 Å². The van der Waals surface area contributed by atoms with Gasteiger partial charge in [-0.2, -0.15) is 0 Å². The highest BCUT2D eigenvalue weighted by Gasteiger charge is 2.14. The molecule has 1 aromatic heterocycles. The summed E-state index contributed by atoms with van der Waals surface area (Å²) in [7, 11) is -3.84. The zero-order valence-corrected chi connectivity index (χ0v) is 16.7. The molecule has 140 valence electrons. The van der Waals surface area contributed by atoms with Crippen molar-refractivity contribution in [2.24, 2.45) is 5.14 Å². The molecule has 7 nitrogen and oxygen atoms in total. The van der Waals surface area contributed by atoms with Gasteiger partial charge in [0.2, 0.25) is 15.9 Å². The van der Waals surface area contributed by atoms with Gasteiger partial charge in [-0.05, 0) is 37.6 Å². The normalized spacial score (nSPS) is 11.6. The van der Waals surface area contributed by atoms with Gasteiger partial charge in [-0.25, -0.2) is 23.5 Å². The predicted molar refractivity (Wildman–Crippen MR) is 103 cm³/mol.